The first kappa shape index (κ1) is 16.1. The highest BCUT2D eigenvalue weighted by atomic mass is 35.5. The van der Waals surface area contributed by atoms with Crippen molar-refractivity contribution < 1.29 is 9.18 Å². The van der Waals surface area contributed by atoms with E-state index in [2.05, 4.69) is 27.1 Å². The Hall–Kier alpha value is -1.24. The van der Waals surface area contributed by atoms with Crippen molar-refractivity contribution in [2.24, 2.45) is 0 Å². The molecule has 116 valence electrons. The molecule has 0 radical (unpaired) electrons. The average Bonchev–Trinajstić information content (AvgIpc) is 2.47. The van der Waals surface area contributed by atoms with Gasteiger partial charge in [0.15, 0.2) is 0 Å². The van der Waals surface area contributed by atoms with Crippen LogP contribution in [0.3, 0.4) is 0 Å². The van der Waals surface area contributed by atoms with Crippen LogP contribution < -0.4 is 5.32 Å². The van der Waals surface area contributed by atoms with E-state index in [1.165, 1.54) is 0 Å². The van der Waals surface area contributed by atoms with Crippen LogP contribution in [0.2, 0.25) is 5.15 Å². The lowest BCUT2D eigenvalue weighted by atomic mass is 10.2. The fourth-order valence-corrected chi connectivity index (χ4v) is 2.44. The van der Waals surface area contributed by atoms with E-state index in [4.69, 9.17) is 11.6 Å². The summed E-state index contributed by atoms with van der Waals surface area (Å²) in [6.07, 6.45) is 1.85. The van der Waals surface area contributed by atoms with Crippen LogP contribution in [0.5, 0.6) is 0 Å². The second-order valence-electron chi connectivity index (χ2n) is 5.25. The Morgan fingerprint density at radius 3 is 2.86 bits per heavy atom. The van der Waals surface area contributed by atoms with Gasteiger partial charge in [-0.05, 0) is 26.1 Å². The number of pyridine rings is 1. The summed E-state index contributed by atoms with van der Waals surface area (Å²) < 4.78 is 13.1. The number of nitrogens with zero attached hydrogens (tertiary/aromatic N) is 3. The van der Waals surface area contributed by atoms with E-state index in [1.54, 1.807) is 0 Å². The maximum atomic E-state index is 13.1. The van der Waals surface area contributed by atoms with Gasteiger partial charge in [-0.15, -0.1) is 0 Å². The quantitative estimate of drug-likeness (QED) is 0.656. The van der Waals surface area contributed by atoms with E-state index in [-0.39, 0.29) is 16.6 Å². The lowest BCUT2D eigenvalue weighted by Crippen LogP contribution is -2.45. The van der Waals surface area contributed by atoms with Crippen molar-refractivity contribution in [3.05, 3.63) is 28.8 Å². The van der Waals surface area contributed by atoms with Crippen LogP contribution in [0.15, 0.2) is 12.3 Å². The van der Waals surface area contributed by atoms with E-state index in [0.717, 1.165) is 51.4 Å². The number of hydrogen-bond donors (Lipinski definition) is 1. The van der Waals surface area contributed by atoms with Gasteiger partial charge in [0, 0.05) is 32.7 Å². The molecule has 0 saturated carbocycles. The van der Waals surface area contributed by atoms with Gasteiger partial charge in [0.1, 0.15) is 11.0 Å². The summed E-state index contributed by atoms with van der Waals surface area (Å²) in [5.41, 5.74) is 0.0799. The molecule has 0 atom stereocenters. The zero-order valence-corrected chi connectivity index (χ0v) is 12.9. The molecule has 1 fully saturated rings. The number of aromatic nitrogens is 1. The highest BCUT2D eigenvalue weighted by Crippen LogP contribution is 2.13. The molecule has 0 spiro atoms. The number of nitrogens with one attached hydrogen (secondary N) is 1. The number of carbonyl (C=O) groups excluding carboxylic acids is 1. The predicted octanol–water partition coefficient (Wildman–Crippen LogP) is 1.24. The summed E-state index contributed by atoms with van der Waals surface area (Å²) in [4.78, 5) is 20.2. The Labute approximate surface area is 129 Å². The number of carbonyl (C=O) groups is 1. The summed E-state index contributed by atoms with van der Waals surface area (Å²) in [6.45, 7) is 5.77. The van der Waals surface area contributed by atoms with Crippen LogP contribution in [0.25, 0.3) is 0 Å². The largest absolute Gasteiger partial charge is 0.352 e. The molecule has 2 rings (SSSR count). The van der Waals surface area contributed by atoms with Gasteiger partial charge in [-0.1, -0.05) is 11.6 Å². The van der Waals surface area contributed by atoms with Gasteiger partial charge in [0.25, 0.3) is 5.91 Å². The highest BCUT2D eigenvalue weighted by Gasteiger charge is 2.14. The molecule has 2 heterocycles. The summed E-state index contributed by atoms with van der Waals surface area (Å²) in [7, 11) is 2.12. The topological polar surface area (TPSA) is 48.5 Å². The molecule has 1 amide bonds. The number of likely N-dealkylation sites (N-methyl/N-ethyl adjacent to an activating group) is 1. The first-order chi connectivity index (χ1) is 10.1. The average molecular weight is 315 g/mol. The normalized spacial score (nSPS) is 16.9. The second kappa shape index (κ2) is 7.68. The maximum Gasteiger partial charge on any atom is 0.254 e. The molecule has 21 heavy (non-hydrogen) atoms. The third kappa shape index (κ3) is 4.91. The van der Waals surface area contributed by atoms with Crippen LogP contribution >= 0.6 is 11.6 Å². The van der Waals surface area contributed by atoms with Crippen molar-refractivity contribution in [1.82, 2.24) is 20.1 Å². The first-order valence-corrected chi connectivity index (χ1v) is 7.44. The number of halogens is 2. The number of piperazine rings is 1. The molecular formula is C14H20ClFN4O. The number of hydrogen-bond acceptors (Lipinski definition) is 4. The smallest absolute Gasteiger partial charge is 0.254 e. The molecule has 0 aromatic carbocycles. The third-order valence-corrected chi connectivity index (χ3v) is 3.88. The second-order valence-corrected chi connectivity index (χ2v) is 5.60. The molecule has 5 nitrogen and oxygen atoms in total. The Bertz CT molecular complexity index is 492. The van der Waals surface area contributed by atoms with Gasteiger partial charge in [-0.3, -0.25) is 4.79 Å². The monoisotopic (exact) mass is 314 g/mol. The summed E-state index contributed by atoms with van der Waals surface area (Å²) in [5, 5.41) is 2.77. The van der Waals surface area contributed by atoms with Crippen molar-refractivity contribution in [3.63, 3.8) is 0 Å². The number of rotatable bonds is 5. The SMILES string of the molecule is CN1CCN(CCCNC(=O)c2cc(F)cnc2Cl)CC1. The molecular weight excluding hydrogens is 295 g/mol. The fourth-order valence-electron chi connectivity index (χ4n) is 2.25. The lowest BCUT2D eigenvalue weighted by Gasteiger charge is -2.32. The van der Waals surface area contributed by atoms with Gasteiger partial charge in [-0.2, -0.15) is 0 Å². The van der Waals surface area contributed by atoms with Gasteiger partial charge >= 0.3 is 0 Å². The maximum absolute atomic E-state index is 13.1. The molecule has 0 unspecified atom stereocenters. The minimum absolute atomic E-state index is 0.0213. The van der Waals surface area contributed by atoms with Gasteiger partial charge in [-0.25, -0.2) is 9.37 Å². The predicted molar refractivity (Wildman–Crippen MR) is 80.1 cm³/mol. The zero-order valence-electron chi connectivity index (χ0n) is 12.1. The lowest BCUT2D eigenvalue weighted by molar-refractivity contribution is 0.0948. The standard InChI is InChI=1S/C14H20ClFN4O/c1-19-5-7-20(8-6-19)4-2-3-17-14(21)12-9-11(16)10-18-13(12)15/h9-10H,2-8H2,1H3,(H,17,21). The van der Waals surface area contributed by atoms with Crippen molar-refractivity contribution in [3.8, 4) is 0 Å². The molecule has 1 N–H and O–H groups in total. The van der Waals surface area contributed by atoms with E-state index >= 15 is 0 Å². The van der Waals surface area contributed by atoms with Crippen molar-refractivity contribution in [2.45, 2.75) is 6.42 Å². The Morgan fingerprint density at radius 1 is 1.43 bits per heavy atom. The van der Waals surface area contributed by atoms with E-state index in [0.29, 0.717) is 6.54 Å². The minimum Gasteiger partial charge on any atom is -0.352 e. The van der Waals surface area contributed by atoms with Crippen LogP contribution in [0.1, 0.15) is 16.8 Å². The fraction of sp³-hybridized carbons (Fsp3) is 0.571. The summed E-state index contributed by atoms with van der Waals surface area (Å²) in [5.74, 6) is -0.952. The van der Waals surface area contributed by atoms with E-state index in [9.17, 15) is 9.18 Å². The molecule has 1 aliphatic rings. The molecule has 1 aromatic rings. The van der Waals surface area contributed by atoms with Crippen LogP contribution in [-0.4, -0.2) is 67.0 Å². The molecule has 0 aliphatic carbocycles. The van der Waals surface area contributed by atoms with Gasteiger partial charge < -0.3 is 15.1 Å². The minimum atomic E-state index is -0.568. The highest BCUT2D eigenvalue weighted by molar-refractivity contribution is 6.32. The van der Waals surface area contributed by atoms with Gasteiger partial charge in [0.05, 0.1) is 11.8 Å². The summed E-state index contributed by atoms with van der Waals surface area (Å²) in [6, 6.07) is 1.10. The van der Waals surface area contributed by atoms with Crippen molar-refractivity contribution >= 4 is 17.5 Å². The molecule has 1 aromatic heterocycles. The Kier molecular flexibility index (Phi) is 5.90. The van der Waals surface area contributed by atoms with Crippen LogP contribution in [0.4, 0.5) is 4.39 Å². The molecule has 0 bridgehead atoms. The zero-order chi connectivity index (χ0) is 15.2. The van der Waals surface area contributed by atoms with Crippen molar-refractivity contribution in [1.29, 1.82) is 0 Å². The molecule has 1 saturated heterocycles. The molecule has 7 heteroatoms. The van der Waals surface area contributed by atoms with E-state index < -0.39 is 5.82 Å². The van der Waals surface area contributed by atoms with Gasteiger partial charge in [0.2, 0.25) is 0 Å². The van der Waals surface area contributed by atoms with Crippen molar-refractivity contribution in [2.75, 3.05) is 46.3 Å². The third-order valence-electron chi connectivity index (χ3n) is 3.58. The van der Waals surface area contributed by atoms with Crippen LogP contribution in [0, 0.1) is 5.82 Å². The van der Waals surface area contributed by atoms with Crippen LogP contribution in [-0.2, 0) is 0 Å². The Morgan fingerprint density at radius 2 is 2.14 bits per heavy atom. The van der Waals surface area contributed by atoms with E-state index in [1.807, 2.05) is 0 Å². The summed E-state index contributed by atoms with van der Waals surface area (Å²) >= 11 is 5.79. The Balaban J connectivity index is 1.71. The molecule has 1 aliphatic heterocycles. The first-order valence-electron chi connectivity index (χ1n) is 7.06. The number of amides is 1.